The van der Waals surface area contributed by atoms with E-state index in [0.717, 1.165) is 5.56 Å². The van der Waals surface area contributed by atoms with Gasteiger partial charge in [-0.25, -0.2) is 9.18 Å². The average molecular weight is 303 g/mol. The second-order valence-corrected chi connectivity index (χ2v) is 5.64. The SMILES string of the molecule is CCOC(=O)c1cc(C(C)(C)C)cc(Br)c1F. The molecule has 0 bridgehead atoms. The average Bonchev–Trinajstić information content (AvgIpc) is 2.20. The maximum Gasteiger partial charge on any atom is 0.341 e. The largest absolute Gasteiger partial charge is 0.462 e. The van der Waals surface area contributed by atoms with E-state index in [1.165, 1.54) is 0 Å². The normalized spacial score (nSPS) is 11.4. The highest BCUT2D eigenvalue weighted by atomic mass is 79.9. The summed E-state index contributed by atoms with van der Waals surface area (Å²) in [5.41, 5.74) is 0.706. The van der Waals surface area contributed by atoms with Gasteiger partial charge in [-0.15, -0.1) is 0 Å². The van der Waals surface area contributed by atoms with Gasteiger partial charge in [-0.05, 0) is 46.0 Å². The third-order valence-corrected chi connectivity index (χ3v) is 2.97. The van der Waals surface area contributed by atoms with E-state index in [0.29, 0.717) is 0 Å². The molecular formula is C13H16BrFO2. The highest BCUT2D eigenvalue weighted by molar-refractivity contribution is 9.10. The summed E-state index contributed by atoms with van der Waals surface area (Å²) in [5.74, 6) is -1.20. The van der Waals surface area contributed by atoms with Crippen LogP contribution >= 0.6 is 15.9 Å². The Hall–Kier alpha value is -0.900. The molecule has 0 aliphatic carbocycles. The van der Waals surface area contributed by atoms with Crippen LogP contribution in [0.15, 0.2) is 16.6 Å². The zero-order chi connectivity index (χ0) is 13.2. The molecule has 0 aliphatic rings. The van der Waals surface area contributed by atoms with Crippen molar-refractivity contribution in [2.45, 2.75) is 33.1 Å². The molecule has 0 fully saturated rings. The van der Waals surface area contributed by atoms with Gasteiger partial charge in [-0.1, -0.05) is 20.8 Å². The zero-order valence-corrected chi connectivity index (χ0v) is 12.0. The van der Waals surface area contributed by atoms with Gasteiger partial charge in [0.15, 0.2) is 5.82 Å². The van der Waals surface area contributed by atoms with E-state index in [1.54, 1.807) is 19.1 Å². The van der Waals surface area contributed by atoms with Gasteiger partial charge >= 0.3 is 5.97 Å². The second kappa shape index (κ2) is 5.17. The fourth-order valence-corrected chi connectivity index (χ4v) is 1.84. The molecule has 0 heterocycles. The van der Waals surface area contributed by atoms with Crippen molar-refractivity contribution in [1.29, 1.82) is 0 Å². The van der Waals surface area contributed by atoms with Crippen molar-refractivity contribution < 1.29 is 13.9 Å². The van der Waals surface area contributed by atoms with Crippen molar-refractivity contribution in [3.63, 3.8) is 0 Å². The third-order valence-electron chi connectivity index (χ3n) is 2.39. The highest BCUT2D eigenvalue weighted by Crippen LogP contribution is 2.29. The van der Waals surface area contributed by atoms with E-state index in [9.17, 15) is 9.18 Å². The number of hydrogen-bond acceptors (Lipinski definition) is 2. The minimum absolute atomic E-state index is 0.0221. The van der Waals surface area contributed by atoms with E-state index in [1.807, 2.05) is 20.8 Å². The maximum atomic E-state index is 13.8. The lowest BCUT2D eigenvalue weighted by molar-refractivity contribution is 0.0520. The lowest BCUT2D eigenvalue weighted by atomic mass is 9.86. The van der Waals surface area contributed by atoms with Gasteiger partial charge in [0, 0.05) is 0 Å². The molecule has 0 aliphatic heterocycles. The summed E-state index contributed by atoms with van der Waals surface area (Å²) in [6.07, 6.45) is 0. The van der Waals surface area contributed by atoms with Crippen LogP contribution in [0, 0.1) is 5.82 Å². The first-order valence-electron chi connectivity index (χ1n) is 5.44. The minimum atomic E-state index is -0.628. The van der Waals surface area contributed by atoms with Gasteiger partial charge in [0.05, 0.1) is 16.6 Å². The fourth-order valence-electron chi connectivity index (χ4n) is 1.38. The van der Waals surface area contributed by atoms with Gasteiger partial charge in [-0.3, -0.25) is 0 Å². The van der Waals surface area contributed by atoms with E-state index >= 15 is 0 Å². The summed E-state index contributed by atoms with van der Waals surface area (Å²) in [7, 11) is 0. The molecule has 0 unspecified atom stereocenters. The lowest BCUT2D eigenvalue weighted by Gasteiger charge is -2.20. The van der Waals surface area contributed by atoms with Crippen LogP contribution in [0.25, 0.3) is 0 Å². The molecule has 17 heavy (non-hydrogen) atoms. The first-order valence-corrected chi connectivity index (χ1v) is 6.23. The molecule has 94 valence electrons. The third kappa shape index (κ3) is 3.28. The number of carbonyl (C=O) groups excluding carboxylic acids is 1. The van der Waals surface area contributed by atoms with Gasteiger partial charge in [0.2, 0.25) is 0 Å². The Morgan fingerprint density at radius 1 is 1.41 bits per heavy atom. The van der Waals surface area contributed by atoms with Crippen molar-refractivity contribution >= 4 is 21.9 Å². The molecule has 0 saturated heterocycles. The number of benzene rings is 1. The standard InChI is InChI=1S/C13H16BrFO2/c1-5-17-12(16)9-6-8(13(2,3)4)7-10(14)11(9)15/h6-7H,5H2,1-4H3. The van der Waals surface area contributed by atoms with Crippen LogP contribution in [-0.2, 0) is 10.2 Å². The Morgan fingerprint density at radius 2 is 2.00 bits per heavy atom. The van der Waals surface area contributed by atoms with Gasteiger partial charge in [0.25, 0.3) is 0 Å². The zero-order valence-electron chi connectivity index (χ0n) is 10.4. The molecule has 0 aromatic heterocycles. The topological polar surface area (TPSA) is 26.3 Å². The van der Waals surface area contributed by atoms with Gasteiger partial charge in [-0.2, -0.15) is 0 Å². The molecule has 0 spiro atoms. The Bertz CT molecular complexity index is 436. The first kappa shape index (κ1) is 14.2. The van der Waals surface area contributed by atoms with Crippen LogP contribution in [0.3, 0.4) is 0 Å². The van der Waals surface area contributed by atoms with Crippen molar-refractivity contribution in [3.05, 3.63) is 33.5 Å². The summed E-state index contributed by atoms with van der Waals surface area (Å²) in [4.78, 5) is 11.6. The molecule has 1 aromatic rings. The molecule has 0 saturated carbocycles. The van der Waals surface area contributed by atoms with Crippen molar-refractivity contribution in [3.8, 4) is 0 Å². The lowest BCUT2D eigenvalue weighted by Crippen LogP contribution is -2.15. The predicted molar refractivity (Wildman–Crippen MR) is 68.8 cm³/mol. The molecule has 0 atom stereocenters. The maximum absolute atomic E-state index is 13.8. The predicted octanol–water partition coefficient (Wildman–Crippen LogP) is 4.06. The van der Waals surface area contributed by atoms with Crippen LogP contribution in [-0.4, -0.2) is 12.6 Å². The summed E-state index contributed by atoms with van der Waals surface area (Å²) in [6.45, 7) is 7.93. The van der Waals surface area contributed by atoms with E-state index in [2.05, 4.69) is 15.9 Å². The van der Waals surface area contributed by atoms with Gasteiger partial charge < -0.3 is 4.74 Å². The minimum Gasteiger partial charge on any atom is -0.462 e. The summed E-state index contributed by atoms with van der Waals surface area (Å²) in [6, 6.07) is 3.25. The number of rotatable bonds is 2. The summed E-state index contributed by atoms with van der Waals surface area (Å²) >= 11 is 3.13. The van der Waals surface area contributed by atoms with Crippen molar-refractivity contribution in [2.75, 3.05) is 6.61 Å². The van der Waals surface area contributed by atoms with Crippen molar-refractivity contribution in [1.82, 2.24) is 0 Å². The van der Waals surface area contributed by atoms with Crippen LogP contribution in [0.1, 0.15) is 43.6 Å². The Balaban J connectivity index is 3.30. The molecule has 4 heteroatoms. The van der Waals surface area contributed by atoms with Crippen LogP contribution < -0.4 is 0 Å². The summed E-state index contributed by atoms with van der Waals surface area (Å²) in [5, 5.41) is 0. The first-order chi connectivity index (χ1) is 7.77. The molecule has 0 amide bonds. The molecule has 1 rings (SSSR count). The Labute approximate surface area is 109 Å². The number of esters is 1. The van der Waals surface area contributed by atoms with E-state index in [4.69, 9.17) is 4.74 Å². The van der Waals surface area contributed by atoms with Crippen LogP contribution in [0.2, 0.25) is 0 Å². The van der Waals surface area contributed by atoms with Crippen molar-refractivity contribution in [2.24, 2.45) is 0 Å². The number of carbonyl (C=O) groups is 1. The smallest absolute Gasteiger partial charge is 0.341 e. The van der Waals surface area contributed by atoms with E-state index in [-0.39, 0.29) is 22.1 Å². The highest BCUT2D eigenvalue weighted by Gasteiger charge is 2.22. The number of halogens is 2. The molecule has 0 radical (unpaired) electrons. The van der Waals surface area contributed by atoms with Crippen LogP contribution in [0.4, 0.5) is 4.39 Å². The monoisotopic (exact) mass is 302 g/mol. The second-order valence-electron chi connectivity index (χ2n) is 4.79. The van der Waals surface area contributed by atoms with Gasteiger partial charge in [0.1, 0.15) is 0 Å². The summed E-state index contributed by atoms with van der Waals surface area (Å²) < 4.78 is 18.9. The van der Waals surface area contributed by atoms with Crippen LogP contribution in [0.5, 0.6) is 0 Å². The molecule has 0 N–H and O–H groups in total. The number of ether oxygens (including phenoxy) is 1. The Kier molecular flexibility index (Phi) is 4.31. The fraction of sp³-hybridized carbons (Fsp3) is 0.462. The molecule has 1 aromatic carbocycles. The van der Waals surface area contributed by atoms with E-state index < -0.39 is 11.8 Å². The molecular weight excluding hydrogens is 287 g/mol. The number of hydrogen-bond donors (Lipinski definition) is 0. The Morgan fingerprint density at radius 3 is 2.47 bits per heavy atom. The quantitative estimate of drug-likeness (QED) is 0.770. The molecule has 2 nitrogen and oxygen atoms in total.